The van der Waals surface area contributed by atoms with Crippen LogP contribution >= 0.6 is 27.3 Å². The zero-order chi connectivity index (χ0) is 21.6. The Kier molecular flexibility index (Phi) is 6.05. The van der Waals surface area contributed by atoms with Gasteiger partial charge in [0.05, 0.1) is 6.04 Å². The summed E-state index contributed by atoms with van der Waals surface area (Å²) in [7, 11) is 1.54. The zero-order valence-corrected chi connectivity index (χ0v) is 18.8. The summed E-state index contributed by atoms with van der Waals surface area (Å²) in [6, 6.07) is -0.248. The number of aromatic nitrogens is 1. The lowest BCUT2D eigenvalue weighted by molar-refractivity contribution is -0.152. The number of carbonyl (C=O) groups is 2. The molecule has 6 nitrogen and oxygen atoms in total. The molecule has 1 aliphatic heterocycles. The predicted molar refractivity (Wildman–Crippen MR) is 105 cm³/mol. The highest BCUT2D eigenvalue weighted by molar-refractivity contribution is 9.10. The van der Waals surface area contributed by atoms with Gasteiger partial charge in [-0.2, -0.15) is 13.2 Å². The molecule has 29 heavy (non-hydrogen) atoms. The van der Waals surface area contributed by atoms with Crippen molar-refractivity contribution in [3.8, 4) is 0 Å². The van der Waals surface area contributed by atoms with Gasteiger partial charge in [-0.1, -0.05) is 13.8 Å². The van der Waals surface area contributed by atoms with Gasteiger partial charge in [0.2, 0.25) is 0 Å². The van der Waals surface area contributed by atoms with Crippen molar-refractivity contribution in [1.82, 2.24) is 15.2 Å². The summed E-state index contributed by atoms with van der Waals surface area (Å²) >= 11 is 3.24. The molecule has 0 radical (unpaired) electrons. The number of halogens is 4. The first-order valence-electron chi connectivity index (χ1n) is 9.26. The van der Waals surface area contributed by atoms with Crippen molar-refractivity contribution in [2.75, 3.05) is 20.2 Å². The Morgan fingerprint density at radius 2 is 1.83 bits per heavy atom. The van der Waals surface area contributed by atoms with E-state index in [0.29, 0.717) is 24.2 Å². The summed E-state index contributed by atoms with van der Waals surface area (Å²) in [5, 5.41) is 1.85. The average molecular weight is 498 g/mol. The van der Waals surface area contributed by atoms with E-state index in [1.54, 1.807) is 0 Å². The third-order valence-electron chi connectivity index (χ3n) is 5.74. The van der Waals surface area contributed by atoms with Crippen LogP contribution in [-0.4, -0.2) is 53.5 Å². The molecule has 1 saturated heterocycles. The molecule has 0 bridgehead atoms. The maximum absolute atomic E-state index is 12.8. The highest BCUT2D eigenvalue weighted by Crippen LogP contribution is 2.42. The number of hydrogen-bond acceptors (Lipinski definition) is 5. The van der Waals surface area contributed by atoms with E-state index in [2.05, 4.69) is 40.1 Å². The quantitative estimate of drug-likeness (QED) is 0.685. The number of amides is 2. The first-order valence-corrected chi connectivity index (χ1v) is 10.9. The average Bonchev–Trinajstić information content (AvgIpc) is 2.99. The molecule has 1 saturated carbocycles. The van der Waals surface area contributed by atoms with E-state index in [0.717, 1.165) is 12.8 Å². The Hall–Kier alpha value is -1.20. The second kappa shape index (κ2) is 7.81. The minimum atomic E-state index is -4.60. The van der Waals surface area contributed by atoms with Gasteiger partial charge in [0, 0.05) is 20.2 Å². The third kappa shape index (κ3) is 4.61. The van der Waals surface area contributed by atoms with Gasteiger partial charge < -0.3 is 15.0 Å². The maximum Gasteiger partial charge on any atom is 0.443 e. The zero-order valence-electron chi connectivity index (χ0n) is 16.4. The summed E-state index contributed by atoms with van der Waals surface area (Å²) in [6.07, 6.45) is -1.58. The fraction of sp³-hybridized carbons (Fsp3) is 0.722. The van der Waals surface area contributed by atoms with Crippen molar-refractivity contribution in [3.05, 3.63) is 14.5 Å². The van der Waals surface area contributed by atoms with Crippen molar-refractivity contribution in [2.24, 2.45) is 5.41 Å². The number of likely N-dealkylation sites (tertiary alicyclic amines) is 1. The summed E-state index contributed by atoms with van der Waals surface area (Å²) < 4.78 is 43.8. The van der Waals surface area contributed by atoms with Crippen LogP contribution < -0.4 is 5.32 Å². The molecule has 1 aliphatic carbocycles. The van der Waals surface area contributed by atoms with Crippen LogP contribution in [0.5, 0.6) is 0 Å². The van der Waals surface area contributed by atoms with Gasteiger partial charge in [-0.3, -0.25) is 9.59 Å². The summed E-state index contributed by atoms with van der Waals surface area (Å²) in [5.74, 6) is -0.720. The molecular weight excluding hydrogens is 475 g/mol. The standard InChI is InChI=1S/C18H23BrF3N3O3S/c1-16(2)4-6-17(28-3,7-5-16)14(27)23-10-8-25(9-10)13(26)11-12(19)24-15(29-11)18(20,21)22/h10H,4-9H2,1-3H3,(H,23,27). The Bertz CT molecular complexity index is 796. The molecule has 2 heterocycles. The van der Waals surface area contributed by atoms with Gasteiger partial charge in [-0.05, 0) is 47.0 Å². The van der Waals surface area contributed by atoms with Crippen molar-refractivity contribution in [2.45, 2.75) is 57.3 Å². The highest BCUT2D eigenvalue weighted by atomic mass is 79.9. The highest BCUT2D eigenvalue weighted by Gasteiger charge is 2.46. The number of alkyl halides is 3. The van der Waals surface area contributed by atoms with Crippen LogP contribution in [0.4, 0.5) is 13.2 Å². The molecule has 11 heteroatoms. The van der Waals surface area contributed by atoms with E-state index in [-0.39, 0.29) is 39.9 Å². The van der Waals surface area contributed by atoms with Crippen molar-refractivity contribution < 1.29 is 27.5 Å². The van der Waals surface area contributed by atoms with E-state index in [1.165, 1.54) is 12.0 Å². The monoisotopic (exact) mass is 497 g/mol. The second-order valence-corrected chi connectivity index (χ2v) is 10.1. The molecule has 2 fully saturated rings. The van der Waals surface area contributed by atoms with E-state index < -0.39 is 22.7 Å². The fourth-order valence-corrected chi connectivity index (χ4v) is 5.10. The van der Waals surface area contributed by atoms with Crippen LogP contribution in [0, 0.1) is 5.41 Å². The van der Waals surface area contributed by atoms with Crippen molar-refractivity contribution >= 4 is 39.1 Å². The lowest BCUT2D eigenvalue weighted by Crippen LogP contribution is -2.64. The topological polar surface area (TPSA) is 71.5 Å². The molecule has 0 aromatic carbocycles. The maximum atomic E-state index is 12.8. The third-order valence-corrected chi connectivity index (χ3v) is 7.67. The minimum absolute atomic E-state index is 0.0926. The van der Waals surface area contributed by atoms with Crippen LogP contribution in [0.1, 0.15) is 54.2 Å². The molecule has 1 aromatic heterocycles. The largest absolute Gasteiger partial charge is 0.443 e. The number of methoxy groups -OCH3 is 1. The van der Waals surface area contributed by atoms with E-state index in [9.17, 15) is 22.8 Å². The van der Waals surface area contributed by atoms with Gasteiger partial charge in [0.25, 0.3) is 11.8 Å². The number of ether oxygens (including phenoxy) is 1. The lowest BCUT2D eigenvalue weighted by atomic mass is 9.70. The van der Waals surface area contributed by atoms with Crippen LogP contribution in [-0.2, 0) is 15.7 Å². The Balaban J connectivity index is 1.57. The first kappa shape index (κ1) is 22.5. The van der Waals surface area contributed by atoms with E-state index in [4.69, 9.17) is 4.74 Å². The number of hydrogen-bond donors (Lipinski definition) is 1. The molecule has 162 valence electrons. The lowest BCUT2D eigenvalue weighted by Gasteiger charge is -2.44. The van der Waals surface area contributed by atoms with E-state index >= 15 is 0 Å². The van der Waals surface area contributed by atoms with E-state index in [1.807, 2.05) is 0 Å². The summed E-state index contributed by atoms with van der Waals surface area (Å²) in [5.41, 5.74) is -0.679. The SMILES string of the molecule is COC1(C(=O)NC2CN(C(=O)c3sc(C(F)(F)F)nc3Br)C2)CCC(C)(C)CC1. The van der Waals surface area contributed by atoms with Gasteiger partial charge in [0.1, 0.15) is 15.1 Å². The Labute approximate surface area is 179 Å². The van der Waals surface area contributed by atoms with Gasteiger partial charge in [-0.15, -0.1) is 11.3 Å². The molecule has 0 spiro atoms. The van der Waals surface area contributed by atoms with Crippen molar-refractivity contribution in [1.29, 1.82) is 0 Å². The molecule has 0 atom stereocenters. The van der Waals surface area contributed by atoms with Crippen molar-refractivity contribution in [3.63, 3.8) is 0 Å². The Morgan fingerprint density at radius 3 is 2.31 bits per heavy atom. The normalized spacial score (nSPS) is 21.6. The second-order valence-electron chi connectivity index (χ2n) is 8.38. The molecule has 2 aliphatic rings. The van der Waals surface area contributed by atoms with Crippen LogP contribution in [0.3, 0.4) is 0 Å². The summed E-state index contributed by atoms with van der Waals surface area (Å²) in [6.45, 7) is 4.81. The Morgan fingerprint density at radius 1 is 1.24 bits per heavy atom. The number of rotatable bonds is 4. The molecule has 0 unspecified atom stereocenters. The first-order chi connectivity index (χ1) is 13.4. The molecule has 1 N–H and O–H groups in total. The smallest absolute Gasteiger partial charge is 0.368 e. The van der Waals surface area contributed by atoms with Gasteiger partial charge in [0.15, 0.2) is 5.01 Å². The fourth-order valence-electron chi connectivity index (χ4n) is 3.61. The number of nitrogens with one attached hydrogen (secondary N) is 1. The predicted octanol–water partition coefficient (Wildman–Crippen LogP) is 3.85. The van der Waals surface area contributed by atoms with Gasteiger partial charge >= 0.3 is 6.18 Å². The minimum Gasteiger partial charge on any atom is -0.368 e. The van der Waals surface area contributed by atoms with Crippen LogP contribution in [0.25, 0.3) is 0 Å². The molecule has 2 amide bonds. The molecule has 3 rings (SSSR count). The number of thiazole rings is 1. The number of nitrogens with zero attached hydrogens (tertiary/aromatic N) is 2. The van der Waals surface area contributed by atoms with Crippen LogP contribution in [0.15, 0.2) is 4.60 Å². The molecule has 1 aromatic rings. The van der Waals surface area contributed by atoms with Crippen LogP contribution in [0.2, 0.25) is 0 Å². The molecular formula is C18H23BrF3N3O3S. The summed E-state index contributed by atoms with van der Waals surface area (Å²) in [4.78, 5) is 30.0. The van der Waals surface area contributed by atoms with Gasteiger partial charge in [-0.25, -0.2) is 4.98 Å². The number of carbonyl (C=O) groups excluding carboxylic acids is 2.